The van der Waals surface area contributed by atoms with Gasteiger partial charge in [-0.3, -0.25) is 29.2 Å². The molecule has 2 saturated heterocycles. The summed E-state index contributed by atoms with van der Waals surface area (Å²) < 4.78 is 8.76. The van der Waals surface area contributed by atoms with Crippen molar-refractivity contribution in [3.05, 3.63) is 69.7 Å². The maximum absolute atomic E-state index is 12.8. The van der Waals surface area contributed by atoms with Gasteiger partial charge in [0.25, 0.3) is 11.5 Å². The summed E-state index contributed by atoms with van der Waals surface area (Å²) in [5, 5.41) is 18.5. The Labute approximate surface area is 303 Å². The first-order valence-electron chi connectivity index (χ1n) is 17.1. The van der Waals surface area contributed by atoms with E-state index in [-0.39, 0.29) is 35.6 Å². The van der Waals surface area contributed by atoms with E-state index < -0.39 is 5.92 Å². The molecule has 3 amide bonds. The van der Waals surface area contributed by atoms with Crippen molar-refractivity contribution in [1.82, 2.24) is 34.9 Å². The number of pyridine rings is 1. The lowest BCUT2D eigenvalue weighted by Gasteiger charge is -2.33. The number of nitrogens with one attached hydrogen (secondary N) is 4. The largest absolute Gasteiger partial charge is 0.478 e. The van der Waals surface area contributed by atoms with Gasteiger partial charge in [-0.25, -0.2) is 4.98 Å². The molecule has 0 radical (unpaired) electrons. The highest BCUT2D eigenvalue weighted by Gasteiger charge is 2.31. The maximum Gasteiger partial charge on any atom is 0.293 e. The van der Waals surface area contributed by atoms with E-state index in [1.807, 2.05) is 43.4 Å². The van der Waals surface area contributed by atoms with Crippen molar-refractivity contribution in [2.24, 2.45) is 20.0 Å². The van der Waals surface area contributed by atoms with Gasteiger partial charge in [0.15, 0.2) is 18.2 Å². The molecule has 16 heteroatoms. The second kappa shape index (κ2) is 14.5. The predicted octanol–water partition coefficient (Wildman–Crippen LogP) is 3.59. The van der Waals surface area contributed by atoms with E-state index in [2.05, 4.69) is 36.2 Å². The van der Waals surface area contributed by atoms with Crippen molar-refractivity contribution in [3.8, 4) is 5.75 Å². The third-order valence-corrected chi connectivity index (χ3v) is 9.95. The first-order valence-corrected chi connectivity index (χ1v) is 17.5. The number of likely N-dealkylation sites (N-methyl/N-ethyl adjacent to an activating group) is 1. The van der Waals surface area contributed by atoms with Crippen LogP contribution in [0.2, 0.25) is 5.02 Å². The minimum atomic E-state index is -0.445. The highest BCUT2D eigenvalue weighted by molar-refractivity contribution is 6.33. The van der Waals surface area contributed by atoms with Gasteiger partial charge in [0.1, 0.15) is 5.02 Å². The van der Waals surface area contributed by atoms with Crippen molar-refractivity contribution < 1.29 is 19.1 Å². The van der Waals surface area contributed by atoms with Crippen LogP contribution >= 0.6 is 11.6 Å². The number of piperidine rings is 2. The molecule has 270 valence electrons. The van der Waals surface area contributed by atoms with Crippen LogP contribution in [0, 0.1) is 5.92 Å². The highest BCUT2D eigenvalue weighted by Crippen LogP contribution is 2.33. The molecule has 0 aliphatic carbocycles. The molecule has 2 aromatic carbocycles. The number of imide groups is 1. The van der Waals surface area contributed by atoms with Crippen molar-refractivity contribution in [3.63, 3.8) is 0 Å². The van der Waals surface area contributed by atoms with E-state index in [1.54, 1.807) is 24.0 Å². The Balaban J connectivity index is 1.02. The van der Waals surface area contributed by atoms with Gasteiger partial charge in [0.05, 0.1) is 28.8 Å². The normalized spacial score (nSPS) is 17.7. The summed E-state index contributed by atoms with van der Waals surface area (Å²) in [6.45, 7) is 2.04. The smallest absolute Gasteiger partial charge is 0.293 e. The van der Waals surface area contributed by atoms with Gasteiger partial charge in [-0.15, -0.1) is 0 Å². The zero-order valence-electron chi connectivity index (χ0n) is 29.0. The van der Waals surface area contributed by atoms with Gasteiger partial charge in [0, 0.05) is 69.3 Å². The molecule has 0 saturated carbocycles. The Kier molecular flexibility index (Phi) is 9.69. The number of hydrogen-bond acceptors (Lipinski definition) is 11. The molecule has 2 aliphatic rings. The van der Waals surface area contributed by atoms with Gasteiger partial charge in [0.2, 0.25) is 17.8 Å². The SMILES string of the molecule is CNC(=O)COc1cc2cc(Nc3nc(N4CCC[C@H](CNc5ccc6c(C7CCC(=O)NC7=O)nn(C)c6c5)C4)ncc3Cl)ccc2n(C)c1=O. The topological polar surface area (TPSA) is 177 Å². The molecule has 3 aromatic heterocycles. The predicted molar refractivity (Wildman–Crippen MR) is 198 cm³/mol. The van der Waals surface area contributed by atoms with Crippen molar-refractivity contribution >= 4 is 74.3 Å². The number of aryl methyl sites for hydroxylation is 2. The van der Waals surface area contributed by atoms with Gasteiger partial charge in [-0.05, 0) is 67.6 Å². The molecular formula is C36H39ClN10O5. The van der Waals surface area contributed by atoms with Crippen LogP contribution in [-0.2, 0) is 28.5 Å². The number of hydrogen-bond donors (Lipinski definition) is 4. The van der Waals surface area contributed by atoms with Gasteiger partial charge >= 0.3 is 0 Å². The standard InChI is InChI=1S/C36H39ClN10O5/c1-38-31(49)19-52-29-14-21-13-23(7-10-27(21)45(2)35(29)51)41-33-26(37)17-40-36(43-33)47-12-4-5-20(18-47)16-39-22-6-8-24-28(15-22)46(3)44-32(24)25-9-11-30(48)42-34(25)50/h6-8,10,13-15,17,20,25,39H,4-5,9,11-12,16,18-19H2,1-3H3,(H,38,49)(H,40,41,43)(H,42,48,50)/t20-,25?/m1/s1. The van der Waals surface area contributed by atoms with Gasteiger partial charge in [-0.1, -0.05) is 11.6 Å². The summed E-state index contributed by atoms with van der Waals surface area (Å²) >= 11 is 6.56. The van der Waals surface area contributed by atoms with Crippen LogP contribution in [0.25, 0.3) is 21.8 Å². The molecule has 2 fully saturated rings. The van der Waals surface area contributed by atoms with Gasteiger partial charge < -0.3 is 30.2 Å². The second-order valence-electron chi connectivity index (χ2n) is 13.2. The van der Waals surface area contributed by atoms with Crippen LogP contribution in [0.15, 0.2) is 53.5 Å². The van der Waals surface area contributed by atoms with Crippen molar-refractivity contribution in [2.45, 2.75) is 31.6 Å². The Hall–Kier alpha value is -5.70. The zero-order chi connectivity index (χ0) is 36.5. The van der Waals surface area contributed by atoms with Crippen LogP contribution < -0.4 is 36.5 Å². The number of fused-ring (bicyclic) bond motifs is 2. The van der Waals surface area contributed by atoms with E-state index in [1.165, 1.54) is 11.6 Å². The van der Waals surface area contributed by atoms with Crippen LogP contribution in [0.4, 0.5) is 23.1 Å². The number of rotatable bonds is 10. The fourth-order valence-electron chi connectivity index (χ4n) is 6.87. The lowest BCUT2D eigenvalue weighted by Crippen LogP contribution is -2.39. The molecule has 5 aromatic rings. The van der Waals surface area contributed by atoms with Crippen LogP contribution in [0.1, 0.15) is 37.3 Å². The second-order valence-corrected chi connectivity index (χ2v) is 13.6. The molecule has 52 heavy (non-hydrogen) atoms. The highest BCUT2D eigenvalue weighted by atomic mass is 35.5. The number of benzene rings is 2. The minimum absolute atomic E-state index is 0.0729. The lowest BCUT2D eigenvalue weighted by atomic mass is 9.93. The van der Waals surface area contributed by atoms with E-state index >= 15 is 0 Å². The summed E-state index contributed by atoms with van der Waals surface area (Å²) in [5.41, 5.74) is 3.62. The lowest BCUT2D eigenvalue weighted by molar-refractivity contribution is -0.134. The number of aromatic nitrogens is 5. The molecule has 7 rings (SSSR count). The third kappa shape index (κ3) is 7.08. The van der Waals surface area contributed by atoms with Crippen molar-refractivity contribution in [1.29, 1.82) is 0 Å². The molecule has 4 N–H and O–H groups in total. The maximum atomic E-state index is 12.8. The Morgan fingerprint density at radius 2 is 1.88 bits per heavy atom. The number of halogens is 1. The summed E-state index contributed by atoms with van der Waals surface area (Å²) in [4.78, 5) is 60.2. The monoisotopic (exact) mass is 726 g/mol. The van der Waals surface area contributed by atoms with Crippen LogP contribution in [0.5, 0.6) is 5.75 Å². The summed E-state index contributed by atoms with van der Waals surface area (Å²) in [6, 6.07) is 13.2. The fourth-order valence-corrected chi connectivity index (χ4v) is 7.01. The Bertz CT molecular complexity index is 2270. The molecule has 2 atom stereocenters. The van der Waals surface area contributed by atoms with E-state index in [9.17, 15) is 19.2 Å². The summed E-state index contributed by atoms with van der Waals surface area (Å²) in [7, 11) is 5.02. The van der Waals surface area contributed by atoms with Crippen LogP contribution in [0.3, 0.4) is 0 Å². The first kappa shape index (κ1) is 34.7. The number of ether oxygens (including phenoxy) is 1. The fraction of sp³-hybridized carbons (Fsp3) is 0.361. The molecule has 0 spiro atoms. The molecule has 5 heterocycles. The number of carbonyl (C=O) groups excluding carboxylic acids is 3. The number of anilines is 4. The van der Waals surface area contributed by atoms with E-state index in [0.29, 0.717) is 52.4 Å². The quantitative estimate of drug-likeness (QED) is 0.155. The average Bonchev–Trinajstić information content (AvgIpc) is 3.47. The molecule has 1 unspecified atom stereocenters. The van der Waals surface area contributed by atoms with Crippen LogP contribution in [-0.4, -0.2) is 75.3 Å². The number of amides is 3. The van der Waals surface area contributed by atoms with Gasteiger partial charge in [-0.2, -0.15) is 10.1 Å². The Morgan fingerprint density at radius 1 is 1.06 bits per heavy atom. The molecule has 2 aliphatic heterocycles. The third-order valence-electron chi connectivity index (χ3n) is 9.67. The number of carbonyl (C=O) groups is 3. The van der Waals surface area contributed by atoms with Crippen molar-refractivity contribution in [2.75, 3.05) is 48.8 Å². The Morgan fingerprint density at radius 3 is 2.69 bits per heavy atom. The summed E-state index contributed by atoms with van der Waals surface area (Å²) in [6.07, 6.45) is 4.38. The average molecular weight is 727 g/mol. The van der Waals surface area contributed by atoms with E-state index in [0.717, 1.165) is 54.5 Å². The zero-order valence-corrected chi connectivity index (χ0v) is 29.8. The summed E-state index contributed by atoms with van der Waals surface area (Å²) in [5.74, 6) is 0.106. The molecular weight excluding hydrogens is 688 g/mol. The first-order chi connectivity index (χ1) is 25.1. The molecule has 15 nitrogen and oxygen atoms in total. The minimum Gasteiger partial charge on any atom is -0.478 e. The molecule has 0 bridgehead atoms. The van der Waals surface area contributed by atoms with E-state index in [4.69, 9.17) is 21.3 Å². The number of nitrogens with zero attached hydrogens (tertiary/aromatic N) is 6.